The van der Waals surface area contributed by atoms with Crippen molar-refractivity contribution < 1.29 is 27.4 Å². The van der Waals surface area contributed by atoms with Crippen molar-refractivity contribution >= 4 is 29.5 Å². The molecular weight excluding hydrogens is 548 g/mol. The van der Waals surface area contributed by atoms with Gasteiger partial charge >= 0.3 is 0 Å². The SMILES string of the molecule is [2H]C([2H])(CN)C([2H])([2H])C[C@]([2H])(NC(=O)[C@@]([2H])(CC(=O)[C@@H](CCCN=C(N)N)NC(=O)[C@@H](N)Cc1ccccc1)Cc1ccccc1)C(N)=O. The summed E-state index contributed by atoms with van der Waals surface area (Å²) >= 11 is 0. The molecule has 12 N–H and O–H groups in total. The molecule has 0 bridgehead atoms. The highest BCUT2D eigenvalue weighted by molar-refractivity contribution is 5.94. The van der Waals surface area contributed by atoms with Gasteiger partial charge in [0.05, 0.1) is 13.5 Å². The van der Waals surface area contributed by atoms with Gasteiger partial charge in [0.2, 0.25) is 17.7 Å². The van der Waals surface area contributed by atoms with Crippen molar-refractivity contribution in [2.45, 2.75) is 69.4 Å². The first-order valence-corrected chi connectivity index (χ1v) is 13.8. The van der Waals surface area contributed by atoms with Crippen molar-refractivity contribution in [1.82, 2.24) is 10.6 Å². The number of carbonyl (C=O) groups excluding carboxylic acids is 4. The van der Waals surface area contributed by atoms with Gasteiger partial charge in [0.1, 0.15) is 6.02 Å². The maximum Gasteiger partial charge on any atom is 0.239 e. The number of amides is 3. The molecular formula is C31H46N8O4. The molecule has 43 heavy (non-hydrogen) atoms. The highest BCUT2D eigenvalue weighted by Gasteiger charge is 2.30. The summed E-state index contributed by atoms with van der Waals surface area (Å²) in [5, 5.41) is 4.63. The van der Waals surface area contributed by atoms with E-state index < -0.39 is 86.1 Å². The summed E-state index contributed by atoms with van der Waals surface area (Å²) in [6.45, 7) is -0.703. The summed E-state index contributed by atoms with van der Waals surface area (Å²) < 4.78 is 50.0. The van der Waals surface area contributed by atoms with Crippen LogP contribution in [0.25, 0.3) is 0 Å². The number of ketones is 1. The molecule has 0 aliphatic heterocycles. The van der Waals surface area contributed by atoms with Gasteiger partial charge in [-0.15, -0.1) is 0 Å². The quantitative estimate of drug-likeness (QED) is 0.0619. The van der Waals surface area contributed by atoms with Crippen LogP contribution in [0.4, 0.5) is 0 Å². The van der Waals surface area contributed by atoms with Gasteiger partial charge in [-0.2, -0.15) is 0 Å². The van der Waals surface area contributed by atoms with E-state index in [1.165, 1.54) is 0 Å². The van der Waals surface area contributed by atoms with Gasteiger partial charge in [-0.25, -0.2) is 0 Å². The van der Waals surface area contributed by atoms with Crippen LogP contribution in [0, 0.1) is 5.89 Å². The first kappa shape index (κ1) is 26.3. The number of hydrogen-bond acceptors (Lipinski definition) is 7. The second kappa shape index (κ2) is 19.0. The highest BCUT2D eigenvalue weighted by atomic mass is 16.2. The molecule has 0 saturated heterocycles. The van der Waals surface area contributed by atoms with E-state index in [2.05, 4.69) is 10.3 Å². The molecule has 0 saturated carbocycles. The minimum Gasteiger partial charge on any atom is -0.370 e. The third kappa shape index (κ3) is 13.5. The van der Waals surface area contributed by atoms with E-state index in [1.807, 2.05) is 11.4 Å². The Labute approximate surface area is 261 Å². The molecule has 0 unspecified atom stereocenters. The van der Waals surface area contributed by atoms with Crippen LogP contribution < -0.4 is 39.3 Å². The normalized spacial score (nSPS) is 17.8. The van der Waals surface area contributed by atoms with E-state index in [-0.39, 0.29) is 31.8 Å². The minimum absolute atomic E-state index is 0.000488. The number of nitrogens with two attached hydrogens (primary N) is 5. The zero-order valence-electron chi connectivity index (χ0n) is 30.1. The van der Waals surface area contributed by atoms with Crippen LogP contribution in [0.1, 0.15) is 57.8 Å². The highest BCUT2D eigenvalue weighted by Crippen LogP contribution is 2.17. The lowest BCUT2D eigenvalue weighted by atomic mass is 9.89. The number of guanidine groups is 1. The Hall–Kier alpha value is -4.29. The Bertz CT molecular complexity index is 1470. The zero-order chi connectivity index (χ0) is 37.0. The van der Waals surface area contributed by atoms with E-state index in [9.17, 15) is 20.5 Å². The fraction of sp³-hybridized carbons (Fsp3) is 0.452. The Kier molecular flexibility index (Phi) is 11.6. The number of Topliss-reactive ketones (excluding diaryl/α,β-unsaturated/α-hetero) is 1. The second-order valence-electron chi connectivity index (χ2n) is 9.75. The van der Waals surface area contributed by atoms with Crippen LogP contribution in [-0.4, -0.2) is 60.7 Å². The van der Waals surface area contributed by atoms with Gasteiger partial charge in [-0.05, 0) is 62.5 Å². The van der Waals surface area contributed by atoms with Gasteiger partial charge in [0.15, 0.2) is 11.7 Å². The summed E-state index contributed by atoms with van der Waals surface area (Å²) in [6, 6.07) is 11.9. The van der Waals surface area contributed by atoms with Crippen molar-refractivity contribution in [3.05, 3.63) is 71.8 Å². The molecule has 2 aromatic carbocycles. The molecule has 0 heterocycles. The summed E-state index contributed by atoms with van der Waals surface area (Å²) in [5.41, 5.74) is 28.9. The van der Waals surface area contributed by atoms with Gasteiger partial charge in [0.25, 0.3) is 0 Å². The number of nitrogens with one attached hydrogen (secondary N) is 2. The Morgan fingerprint density at radius 3 is 2.00 bits per heavy atom. The topological polar surface area (TPSA) is 235 Å². The van der Waals surface area contributed by atoms with Crippen molar-refractivity contribution in [2.75, 3.05) is 13.1 Å². The number of aliphatic imine (C=N–C) groups is 1. The molecule has 0 aromatic heterocycles. The standard InChI is InChI=1S/C31H46N8O4/c32-16-8-7-14-26(28(34)41)39-29(42)23(18-21-10-3-1-4-11-21)20-27(40)25(15-9-17-37-31(35)36)38-30(43)24(33)19-22-12-5-2-6-13-22/h1-6,10-13,23-26H,7-9,14-20,32-33H2,(H2,34,41)(H,38,43)(H,39,42)(H4,35,36,37)/t23-,24+,25-,26+/m1/s1/i7D2,8D2,23D,26D. The van der Waals surface area contributed by atoms with Crippen LogP contribution in [0.5, 0.6) is 0 Å². The van der Waals surface area contributed by atoms with Crippen molar-refractivity contribution in [1.29, 1.82) is 0 Å². The van der Waals surface area contributed by atoms with Gasteiger partial charge in [-0.3, -0.25) is 24.2 Å². The molecule has 0 aliphatic rings. The lowest BCUT2D eigenvalue weighted by molar-refractivity contribution is -0.133. The molecule has 12 nitrogen and oxygen atoms in total. The third-order valence-corrected chi connectivity index (χ3v) is 6.31. The van der Waals surface area contributed by atoms with E-state index in [0.717, 1.165) is 5.56 Å². The van der Waals surface area contributed by atoms with Crippen molar-refractivity contribution in [3.63, 3.8) is 0 Å². The van der Waals surface area contributed by atoms with E-state index >= 15 is 0 Å². The second-order valence-corrected chi connectivity index (χ2v) is 9.75. The Morgan fingerprint density at radius 1 is 0.837 bits per heavy atom. The van der Waals surface area contributed by atoms with Crippen LogP contribution >= 0.6 is 0 Å². The number of nitrogens with zero attached hydrogens (tertiary/aromatic N) is 1. The van der Waals surface area contributed by atoms with Crippen LogP contribution in [0.15, 0.2) is 65.7 Å². The number of hydrogen-bond donors (Lipinski definition) is 7. The molecule has 234 valence electrons. The average Bonchev–Trinajstić information content (AvgIpc) is 3.02. The Balaban J connectivity index is 2.44. The molecule has 3 amide bonds. The van der Waals surface area contributed by atoms with Crippen molar-refractivity contribution in [2.24, 2.45) is 39.6 Å². The average molecular weight is 601 g/mol. The molecule has 0 fully saturated rings. The third-order valence-electron chi connectivity index (χ3n) is 6.31. The number of benzene rings is 2. The fourth-order valence-corrected chi connectivity index (χ4v) is 4.10. The fourth-order valence-electron chi connectivity index (χ4n) is 4.10. The summed E-state index contributed by atoms with van der Waals surface area (Å²) in [4.78, 5) is 57.3. The molecule has 0 spiro atoms. The number of rotatable bonds is 20. The molecule has 12 heteroatoms. The van der Waals surface area contributed by atoms with Crippen LogP contribution in [0.2, 0.25) is 0 Å². The zero-order valence-corrected chi connectivity index (χ0v) is 24.1. The minimum atomic E-state index is -2.94. The van der Waals surface area contributed by atoms with E-state index in [4.69, 9.17) is 35.5 Å². The lowest BCUT2D eigenvalue weighted by Crippen LogP contribution is -2.51. The van der Waals surface area contributed by atoms with E-state index in [0.29, 0.717) is 5.56 Å². The summed E-state index contributed by atoms with van der Waals surface area (Å²) in [7, 11) is 0. The predicted octanol–water partition coefficient (Wildman–Crippen LogP) is 0.0120. The molecule has 0 radical (unpaired) electrons. The lowest BCUT2D eigenvalue weighted by Gasteiger charge is -2.24. The summed E-state index contributed by atoms with van der Waals surface area (Å²) in [6.07, 6.45) is -7.75. The number of primary amides is 1. The van der Waals surface area contributed by atoms with Crippen molar-refractivity contribution in [3.8, 4) is 0 Å². The van der Waals surface area contributed by atoms with Gasteiger partial charge < -0.3 is 39.3 Å². The van der Waals surface area contributed by atoms with E-state index in [1.54, 1.807) is 54.6 Å². The van der Waals surface area contributed by atoms with Gasteiger partial charge in [-0.1, -0.05) is 60.7 Å². The first-order chi connectivity index (χ1) is 22.7. The smallest absolute Gasteiger partial charge is 0.239 e. The Morgan fingerprint density at radius 2 is 1.44 bits per heavy atom. The number of carbonyl (C=O) groups is 4. The molecule has 0 aliphatic carbocycles. The largest absolute Gasteiger partial charge is 0.370 e. The van der Waals surface area contributed by atoms with Crippen LogP contribution in [0.3, 0.4) is 0 Å². The maximum absolute atomic E-state index is 13.9. The summed E-state index contributed by atoms with van der Waals surface area (Å²) in [5.74, 6) is -6.87. The molecule has 4 atom stereocenters. The maximum atomic E-state index is 13.9. The predicted molar refractivity (Wildman–Crippen MR) is 167 cm³/mol. The first-order valence-electron chi connectivity index (χ1n) is 16.8. The molecule has 2 aromatic rings. The molecule has 2 rings (SSSR count). The monoisotopic (exact) mass is 600 g/mol. The van der Waals surface area contributed by atoms with Gasteiger partial charge in [0, 0.05) is 25.7 Å². The van der Waals surface area contributed by atoms with Crippen LogP contribution in [-0.2, 0) is 32.0 Å².